The Morgan fingerprint density at radius 3 is 2.40 bits per heavy atom. The van der Waals surface area contributed by atoms with Crippen molar-refractivity contribution in [3.63, 3.8) is 0 Å². The lowest BCUT2D eigenvalue weighted by Gasteiger charge is -2.36. The summed E-state index contributed by atoms with van der Waals surface area (Å²) in [4.78, 5) is 31.7. The van der Waals surface area contributed by atoms with E-state index in [4.69, 9.17) is 19.4 Å². The van der Waals surface area contributed by atoms with E-state index in [0.29, 0.717) is 46.4 Å². The Balaban J connectivity index is 1.37. The van der Waals surface area contributed by atoms with Crippen LogP contribution >= 0.6 is 0 Å². The first-order chi connectivity index (χ1) is 23.9. The SMILES string of the molecule is Cc1nc2c(cc(-c3ccnc(N4CCN(c5ccccn5)CC4)c3)n2C)c(-c2cc(F)c3c(c2C)CCCO3)c1[C@H](OC(C)(C)C)C(=O)O. The number of carbonyl (C=O) groups is 1. The van der Waals surface area contributed by atoms with Crippen molar-refractivity contribution in [1.29, 1.82) is 0 Å². The normalized spacial score (nSPS) is 15.6. The van der Waals surface area contributed by atoms with Gasteiger partial charge in [-0.05, 0) is 95.0 Å². The lowest BCUT2D eigenvalue weighted by atomic mass is 9.86. The molecule has 7 rings (SSSR count). The van der Waals surface area contributed by atoms with Crippen molar-refractivity contribution in [2.45, 2.75) is 59.2 Å². The molecule has 2 aliphatic rings. The number of aryl methyl sites for hydroxylation is 2. The molecule has 1 atom stereocenters. The number of fused-ring (bicyclic) bond motifs is 2. The van der Waals surface area contributed by atoms with Crippen LogP contribution in [0.1, 0.15) is 55.7 Å². The minimum absolute atomic E-state index is 0.278. The number of carboxylic acids is 1. The number of nitrogens with zero attached hydrogens (tertiary/aromatic N) is 6. The molecular weight excluding hydrogens is 635 g/mol. The second-order valence-electron chi connectivity index (χ2n) is 14.1. The van der Waals surface area contributed by atoms with Crippen molar-refractivity contribution in [1.82, 2.24) is 19.5 Å². The summed E-state index contributed by atoms with van der Waals surface area (Å²) < 4.78 is 29.8. The third kappa shape index (κ3) is 6.15. The van der Waals surface area contributed by atoms with Gasteiger partial charge in [0.1, 0.15) is 17.3 Å². The van der Waals surface area contributed by atoms with Gasteiger partial charge >= 0.3 is 5.97 Å². The number of aromatic nitrogens is 4. The van der Waals surface area contributed by atoms with Crippen LogP contribution in [-0.2, 0) is 23.0 Å². The maximum absolute atomic E-state index is 15.8. The summed E-state index contributed by atoms with van der Waals surface area (Å²) in [5, 5.41) is 11.3. The summed E-state index contributed by atoms with van der Waals surface area (Å²) in [5.41, 5.74) is 5.51. The molecule has 260 valence electrons. The predicted octanol–water partition coefficient (Wildman–Crippen LogP) is 7.05. The van der Waals surface area contributed by atoms with Crippen molar-refractivity contribution in [3.8, 4) is 28.1 Å². The summed E-state index contributed by atoms with van der Waals surface area (Å²) in [6.45, 7) is 13.0. The second kappa shape index (κ2) is 13.0. The van der Waals surface area contributed by atoms with E-state index in [-0.39, 0.29) is 5.75 Å². The van der Waals surface area contributed by atoms with E-state index in [9.17, 15) is 9.90 Å². The number of benzene rings is 1. The summed E-state index contributed by atoms with van der Waals surface area (Å²) in [6.07, 6.45) is 3.75. The zero-order chi connectivity index (χ0) is 35.3. The van der Waals surface area contributed by atoms with E-state index in [2.05, 4.69) is 20.9 Å². The van der Waals surface area contributed by atoms with E-state index < -0.39 is 23.5 Å². The van der Waals surface area contributed by atoms with Gasteiger partial charge in [0, 0.05) is 79.0 Å². The van der Waals surface area contributed by atoms with Gasteiger partial charge in [0.05, 0.1) is 17.9 Å². The molecule has 11 heteroatoms. The lowest BCUT2D eigenvalue weighted by Crippen LogP contribution is -2.47. The summed E-state index contributed by atoms with van der Waals surface area (Å²) >= 11 is 0. The first kappa shape index (κ1) is 33.5. The van der Waals surface area contributed by atoms with Crippen molar-refractivity contribution in [2.24, 2.45) is 7.05 Å². The molecule has 0 unspecified atom stereocenters. The van der Waals surface area contributed by atoms with Gasteiger partial charge < -0.3 is 28.9 Å². The fourth-order valence-electron chi connectivity index (χ4n) is 7.31. The third-order valence-electron chi connectivity index (χ3n) is 9.68. The molecule has 50 heavy (non-hydrogen) atoms. The number of piperazine rings is 1. The average Bonchev–Trinajstić information content (AvgIpc) is 3.43. The number of hydrogen-bond acceptors (Lipinski definition) is 8. The monoisotopic (exact) mass is 678 g/mol. The number of rotatable bonds is 7. The van der Waals surface area contributed by atoms with Crippen LogP contribution < -0.4 is 14.5 Å². The van der Waals surface area contributed by atoms with Crippen LogP contribution in [0.4, 0.5) is 16.0 Å². The number of aliphatic carboxylic acids is 1. The van der Waals surface area contributed by atoms with E-state index in [1.807, 2.05) is 82.0 Å². The Morgan fingerprint density at radius 2 is 1.72 bits per heavy atom. The molecule has 1 fully saturated rings. The van der Waals surface area contributed by atoms with Gasteiger partial charge in [-0.25, -0.2) is 24.1 Å². The van der Waals surface area contributed by atoms with Crippen molar-refractivity contribution in [2.75, 3.05) is 42.6 Å². The largest absolute Gasteiger partial charge is 0.490 e. The summed E-state index contributed by atoms with van der Waals surface area (Å²) in [6, 6.07) is 13.5. The molecule has 10 nitrogen and oxygen atoms in total. The summed E-state index contributed by atoms with van der Waals surface area (Å²) in [5.74, 6) is 0.525. The van der Waals surface area contributed by atoms with Crippen LogP contribution in [0.5, 0.6) is 5.75 Å². The van der Waals surface area contributed by atoms with Crippen molar-refractivity contribution >= 4 is 28.6 Å². The van der Waals surface area contributed by atoms with Crippen LogP contribution in [0, 0.1) is 19.7 Å². The molecule has 1 saturated heterocycles. The molecule has 0 amide bonds. The van der Waals surface area contributed by atoms with Gasteiger partial charge in [-0.3, -0.25) is 0 Å². The standard InChI is InChI=1S/C39H43FN6O4/c1-23-26-10-9-19-49-35(26)29(40)21-27(23)34-28-22-30(44(6)37(28)43-24(2)33(34)36(38(47)48)50-39(3,4)5)25-12-14-42-32(20-25)46-17-15-45(16-18-46)31-11-7-8-13-41-31/h7-8,11-14,20-22,36H,9-10,15-19H2,1-6H3,(H,47,48)/t36-/m0/s1. The Morgan fingerprint density at radius 1 is 1.00 bits per heavy atom. The molecule has 0 spiro atoms. The highest BCUT2D eigenvalue weighted by Crippen LogP contribution is 2.45. The molecule has 0 bridgehead atoms. The molecule has 1 aromatic carbocycles. The average molecular weight is 679 g/mol. The third-order valence-corrected chi connectivity index (χ3v) is 9.68. The van der Waals surface area contributed by atoms with Crippen LogP contribution in [0.15, 0.2) is 54.9 Å². The minimum atomic E-state index is -1.34. The Kier molecular flexibility index (Phi) is 8.71. The Hall–Kier alpha value is -5.03. The Bertz CT molecular complexity index is 2080. The minimum Gasteiger partial charge on any atom is -0.490 e. The van der Waals surface area contributed by atoms with Gasteiger partial charge in [0.15, 0.2) is 17.7 Å². The Labute approximate surface area is 291 Å². The number of pyridine rings is 3. The number of carboxylic acid groups (broad SMARTS) is 1. The van der Waals surface area contributed by atoms with E-state index in [1.165, 1.54) is 6.07 Å². The van der Waals surface area contributed by atoms with Crippen LogP contribution in [-0.4, -0.2) is 69.0 Å². The number of ether oxygens (including phenoxy) is 2. The first-order valence-corrected chi connectivity index (χ1v) is 17.1. The summed E-state index contributed by atoms with van der Waals surface area (Å²) in [7, 11) is 1.95. The van der Waals surface area contributed by atoms with Crippen molar-refractivity contribution in [3.05, 3.63) is 83.1 Å². The topological polar surface area (TPSA) is 106 Å². The van der Waals surface area contributed by atoms with Gasteiger partial charge in [-0.1, -0.05) is 6.07 Å². The van der Waals surface area contributed by atoms with Crippen LogP contribution in [0.2, 0.25) is 0 Å². The molecule has 5 aromatic rings. The van der Waals surface area contributed by atoms with E-state index >= 15 is 4.39 Å². The van der Waals surface area contributed by atoms with E-state index in [0.717, 1.165) is 66.6 Å². The predicted molar refractivity (Wildman–Crippen MR) is 193 cm³/mol. The lowest BCUT2D eigenvalue weighted by molar-refractivity contribution is -0.160. The number of hydrogen-bond donors (Lipinski definition) is 1. The zero-order valence-corrected chi connectivity index (χ0v) is 29.5. The quantitative estimate of drug-likeness (QED) is 0.194. The van der Waals surface area contributed by atoms with Crippen LogP contribution in [0.25, 0.3) is 33.4 Å². The number of anilines is 2. The maximum atomic E-state index is 15.8. The first-order valence-electron chi connectivity index (χ1n) is 17.1. The molecule has 2 aliphatic heterocycles. The molecule has 0 radical (unpaired) electrons. The molecule has 6 heterocycles. The highest BCUT2D eigenvalue weighted by molar-refractivity contribution is 6.01. The van der Waals surface area contributed by atoms with Crippen molar-refractivity contribution < 1.29 is 23.8 Å². The van der Waals surface area contributed by atoms with Gasteiger partial charge in [0.25, 0.3) is 0 Å². The van der Waals surface area contributed by atoms with E-state index in [1.54, 1.807) is 6.92 Å². The molecule has 4 aromatic heterocycles. The highest BCUT2D eigenvalue weighted by atomic mass is 19.1. The zero-order valence-electron chi connectivity index (χ0n) is 29.5. The van der Waals surface area contributed by atoms with Crippen LogP contribution in [0.3, 0.4) is 0 Å². The van der Waals surface area contributed by atoms with Gasteiger partial charge in [-0.15, -0.1) is 0 Å². The fourth-order valence-corrected chi connectivity index (χ4v) is 7.31. The maximum Gasteiger partial charge on any atom is 0.337 e. The fraction of sp³-hybridized carbons (Fsp3) is 0.385. The molecule has 0 aliphatic carbocycles. The van der Waals surface area contributed by atoms with Gasteiger partial charge in [0.2, 0.25) is 0 Å². The molecule has 1 N–H and O–H groups in total. The molecular formula is C39H43FN6O4. The highest BCUT2D eigenvalue weighted by Gasteiger charge is 2.34. The number of halogens is 1. The second-order valence-corrected chi connectivity index (χ2v) is 14.1. The molecule has 0 saturated carbocycles. The smallest absolute Gasteiger partial charge is 0.337 e. The van der Waals surface area contributed by atoms with Gasteiger partial charge in [-0.2, -0.15) is 0 Å².